The van der Waals surface area contributed by atoms with E-state index in [1.54, 1.807) is 25.3 Å². The first kappa shape index (κ1) is 28.7. The van der Waals surface area contributed by atoms with Crippen LogP contribution < -0.4 is 24.8 Å². The molecule has 41 heavy (non-hydrogen) atoms. The number of likely N-dealkylation sites (tertiary alicyclic amines) is 2. The van der Waals surface area contributed by atoms with Crippen molar-refractivity contribution in [3.05, 3.63) is 53.6 Å². The summed E-state index contributed by atoms with van der Waals surface area (Å²) in [7, 11) is 3.20. The number of hydrogen-bond donors (Lipinski definition) is 2. The number of carbonyl (C=O) groups excluding carboxylic acids is 3. The fourth-order valence-corrected chi connectivity index (χ4v) is 5.53. The van der Waals surface area contributed by atoms with Gasteiger partial charge in [0.2, 0.25) is 5.91 Å². The summed E-state index contributed by atoms with van der Waals surface area (Å²) in [5.41, 5.74) is 1.25. The third kappa shape index (κ3) is 7.09. The van der Waals surface area contributed by atoms with Gasteiger partial charge in [-0.2, -0.15) is 0 Å². The van der Waals surface area contributed by atoms with Crippen molar-refractivity contribution in [1.82, 2.24) is 20.4 Å². The highest BCUT2D eigenvalue weighted by atomic mass is 16.5. The lowest BCUT2D eigenvalue weighted by molar-refractivity contribution is -0.136. The van der Waals surface area contributed by atoms with Crippen LogP contribution in [0.2, 0.25) is 0 Å². The number of hydrogen-bond acceptors (Lipinski definition) is 8. The largest absolute Gasteiger partial charge is 0.493 e. The van der Waals surface area contributed by atoms with Crippen molar-refractivity contribution in [2.24, 2.45) is 5.92 Å². The van der Waals surface area contributed by atoms with E-state index in [4.69, 9.17) is 18.9 Å². The maximum atomic E-state index is 13.6. The number of piperidine rings is 1. The molecule has 2 atom stereocenters. The van der Waals surface area contributed by atoms with Gasteiger partial charge in [-0.25, -0.2) is 0 Å². The number of amides is 3. The van der Waals surface area contributed by atoms with Crippen LogP contribution >= 0.6 is 0 Å². The van der Waals surface area contributed by atoms with Gasteiger partial charge >= 0.3 is 0 Å². The molecule has 2 aromatic rings. The number of ether oxygens (including phenoxy) is 4. The average molecular weight is 567 g/mol. The van der Waals surface area contributed by atoms with Crippen LogP contribution in [0.15, 0.2) is 42.5 Å². The number of rotatable bonds is 5. The van der Waals surface area contributed by atoms with E-state index in [2.05, 4.69) is 15.5 Å². The highest BCUT2D eigenvalue weighted by Crippen LogP contribution is 2.29. The van der Waals surface area contributed by atoms with Gasteiger partial charge in [-0.3, -0.25) is 14.4 Å². The number of nitrogens with zero attached hydrogens (tertiary/aromatic N) is 2. The minimum atomic E-state index is -0.431. The quantitative estimate of drug-likeness (QED) is 0.559. The molecular weight excluding hydrogens is 528 g/mol. The van der Waals surface area contributed by atoms with Crippen LogP contribution in [0.1, 0.15) is 28.8 Å². The third-order valence-electron chi connectivity index (χ3n) is 7.93. The Bertz CT molecular complexity index is 1230. The Kier molecular flexibility index (Phi) is 9.25. The number of carbonyl (C=O) groups is 3. The van der Waals surface area contributed by atoms with Crippen molar-refractivity contribution in [2.75, 3.05) is 60.2 Å². The van der Waals surface area contributed by atoms with Crippen LogP contribution in [-0.4, -0.2) is 99.8 Å². The van der Waals surface area contributed by atoms with Crippen molar-refractivity contribution in [2.45, 2.75) is 31.5 Å². The second kappa shape index (κ2) is 13.2. The van der Waals surface area contributed by atoms with E-state index in [0.29, 0.717) is 43.3 Å². The Morgan fingerprint density at radius 3 is 2.56 bits per heavy atom. The summed E-state index contributed by atoms with van der Waals surface area (Å²) >= 11 is 0. The van der Waals surface area contributed by atoms with Crippen LogP contribution in [0, 0.1) is 5.92 Å². The summed E-state index contributed by atoms with van der Waals surface area (Å²) < 4.78 is 22.6. The van der Waals surface area contributed by atoms with Crippen molar-refractivity contribution in [3.63, 3.8) is 0 Å². The van der Waals surface area contributed by atoms with Gasteiger partial charge in [0.1, 0.15) is 11.9 Å². The molecule has 0 spiro atoms. The lowest BCUT2D eigenvalue weighted by Crippen LogP contribution is -2.45. The summed E-state index contributed by atoms with van der Waals surface area (Å²) in [6, 6.07) is 11.8. The number of nitrogens with one attached hydrogen (secondary N) is 2. The van der Waals surface area contributed by atoms with Gasteiger partial charge < -0.3 is 39.4 Å². The molecule has 4 aliphatic heterocycles. The summed E-state index contributed by atoms with van der Waals surface area (Å²) in [5.74, 6) is 0.753. The molecule has 11 nitrogen and oxygen atoms in total. The van der Waals surface area contributed by atoms with E-state index in [-0.39, 0.29) is 36.0 Å². The SMILES string of the molecule is COCCN1CCC(C(=O)N2C[C@@H]3NC(=O)c4ccc(OC)c(c4)OCC(=O)NCc4ccc(cc4)O[C@H]3C2)CC1. The van der Waals surface area contributed by atoms with E-state index in [9.17, 15) is 14.4 Å². The first-order valence-corrected chi connectivity index (χ1v) is 14.1. The van der Waals surface area contributed by atoms with Crippen molar-refractivity contribution >= 4 is 17.7 Å². The maximum absolute atomic E-state index is 13.6. The molecule has 4 heterocycles. The Hall–Kier alpha value is -3.83. The summed E-state index contributed by atoms with van der Waals surface area (Å²) in [6.07, 6.45) is 1.17. The normalized spacial score (nSPS) is 22.1. The highest BCUT2D eigenvalue weighted by Gasteiger charge is 2.40. The van der Waals surface area contributed by atoms with Crippen LogP contribution in [0.3, 0.4) is 0 Å². The topological polar surface area (TPSA) is 119 Å². The number of fused-ring (bicyclic) bond motifs is 7. The molecular formula is C30H38N4O7. The molecule has 4 aliphatic rings. The predicted octanol–water partition coefficient (Wildman–Crippen LogP) is 1.45. The van der Waals surface area contributed by atoms with Crippen LogP contribution in [0.4, 0.5) is 0 Å². The summed E-state index contributed by atoms with van der Waals surface area (Å²) in [4.78, 5) is 43.5. The Morgan fingerprint density at radius 2 is 1.83 bits per heavy atom. The van der Waals surface area contributed by atoms with Crippen LogP contribution in [0.25, 0.3) is 0 Å². The highest BCUT2D eigenvalue weighted by molar-refractivity contribution is 5.95. The molecule has 2 fully saturated rings. The van der Waals surface area contributed by atoms with E-state index in [1.807, 2.05) is 29.2 Å². The summed E-state index contributed by atoms with van der Waals surface area (Å²) in [5, 5.41) is 5.91. The Labute approximate surface area is 240 Å². The van der Waals surface area contributed by atoms with E-state index < -0.39 is 12.1 Å². The first-order chi connectivity index (χ1) is 19.9. The molecule has 4 bridgehead atoms. The summed E-state index contributed by atoms with van der Waals surface area (Å²) in [6.45, 7) is 4.12. The minimum Gasteiger partial charge on any atom is -0.493 e. The van der Waals surface area contributed by atoms with Crippen LogP contribution in [0.5, 0.6) is 17.2 Å². The predicted molar refractivity (Wildman–Crippen MR) is 150 cm³/mol. The molecule has 2 saturated heterocycles. The van der Waals surface area contributed by atoms with E-state index in [1.165, 1.54) is 7.11 Å². The van der Waals surface area contributed by atoms with Gasteiger partial charge in [-0.15, -0.1) is 0 Å². The lowest BCUT2D eigenvalue weighted by atomic mass is 9.95. The standard InChI is InChI=1S/C30H38N4O7/c1-38-14-13-33-11-9-21(10-12-33)30(37)34-17-24-27(18-34)41-23-6-3-20(4-7-23)16-31-28(35)19-40-26-15-22(29(36)32-24)5-8-25(26)39-2/h3-8,15,21,24,27H,9-14,16-19H2,1-2H3,(H,31,35)(H,32,36)/t24-,27-/m0/s1. The second-order valence-corrected chi connectivity index (χ2v) is 10.7. The van der Waals surface area contributed by atoms with Crippen molar-refractivity contribution in [3.8, 4) is 17.2 Å². The molecule has 0 unspecified atom stereocenters. The number of methoxy groups -OCH3 is 2. The Balaban J connectivity index is 1.34. The zero-order chi connectivity index (χ0) is 28.8. The molecule has 2 aromatic carbocycles. The van der Waals surface area contributed by atoms with Gasteiger partial charge in [-0.1, -0.05) is 12.1 Å². The monoisotopic (exact) mass is 566 g/mol. The zero-order valence-electron chi connectivity index (χ0n) is 23.6. The lowest BCUT2D eigenvalue weighted by Gasteiger charge is -2.33. The average Bonchev–Trinajstić information content (AvgIpc) is 3.39. The molecule has 3 amide bonds. The van der Waals surface area contributed by atoms with Gasteiger partial charge in [0.15, 0.2) is 18.1 Å². The zero-order valence-corrected chi connectivity index (χ0v) is 23.6. The molecule has 0 radical (unpaired) electrons. The first-order valence-electron chi connectivity index (χ1n) is 14.1. The molecule has 6 rings (SSSR count). The molecule has 0 aromatic heterocycles. The van der Waals surface area contributed by atoms with Gasteiger partial charge in [0, 0.05) is 38.2 Å². The van der Waals surface area contributed by atoms with Gasteiger partial charge in [-0.05, 0) is 61.8 Å². The maximum Gasteiger partial charge on any atom is 0.258 e. The third-order valence-corrected chi connectivity index (χ3v) is 7.93. The molecule has 2 N–H and O–H groups in total. The smallest absolute Gasteiger partial charge is 0.258 e. The van der Waals surface area contributed by atoms with Crippen LogP contribution in [-0.2, 0) is 20.9 Å². The fraction of sp³-hybridized carbons (Fsp3) is 0.500. The minimum absolute atomic E-state index is 0.0507. The van der Waals surface area contributed by atoms with E-state index >= 15 is 0 Å². The van der Waals surface area contributed by atoms with Gasteiger partial charge in [0.25, 0.3) is 11.8 Å². The molecule has 0 saturated carbocycles. The second-order valence-electron chi connectivity index (χ2n) is 10.7. The van der Waals surface area contributed by atoms with Crippen molar-refractivity contribution in [1.29, 1.82) is 0 Å². The molecule has 220 valence electrons. The van der Waals surface area contributed by atoms with Gasteiger partial charge in [0.05, 0.1) is 26.3 Å². The Morgan fingerprint density at radius 1 is 1.05 bits per heavy atom. The fourth-order valence-electron chi connectivity index (χ4n) is 5.53. The molecule has 11 heteroatoms. The number of benzene rings is 2. The van der Waals surface area contributed by atoms with Crippen molar-refractivity contribution < 1.29 is 33.3 Å². The molecule has 0 aliphatic carbocycles. The van der Waals surface area contributed by atoms with E-state index in [0.717, 1.165) is 38.0 Å².